The van der Waals surface area contributed by atoms with Crippen molar-refractivity contribution < 1.29 is 0 Å². The molecule has 0 aromatic carbocycles. The van der Waals surface area contributed by atoms with Gasteiger partial charge in [0.1, 0.15) is 5.82 Å². The van der Waals surface area contributed by atoms with Crippen molar-refractivity contribution in [1.82, 2.24) is 10.3 Å². The summed E-state index contributed by atoms with van der Waals surface area (Å²) in [6.45, 7) is 6.35. The second-order valence-corrected chi connectivity index (χ2v) is 4.36. The summed E-state index contributed by atoms with van der Waals surface area (Å²) in [4.78, 5) is 4.49. The van der Waals surface area contributed by atoms with Crippen molar-refractivity contribution in [2.24, 2.45) is 0 Å². The highest BCUT2D eigenvalue weighted by molar-refractivity contribution is 5.40. The lowest BCUT2D eigenvalue weighted by molar-refractivity contribution is 0.479. The van der Waals surface area contributed by atoms with Crippen LogP contribution in [0.1, 0.15) is 24.1 Å². The van der Waals surface area contributed by atoms with Crippen molar-refractivity contribution in [3.8, 4) is 0 Å². The number of pyridine rings is 1. The molecular weight excluding hydrogens is 186 g/mol. The lowest BCUT2D eigenvalue weighted by Crippen LogP contribution is -2.38. The van der Waals surface area contributed by atoms with E-state index in [-0.39, 0.29) is 0 Å². The maximum absolute atomic E-state index is 4.49. The van der Waals surface area contributed by atoms with Crippen LogP contribution in [0, 0.1) is 13.8 Å². The molecule has 1 atom stereocenters. The number of hydrogen-bond donors (Lipinski definition) is 2. The van der Waals surface area contributed by atoms with E-state index in [1.54, 1.807) is 0 Å². The van der Waals surface area contributed by atoms with E-state index < -0.39 is 0 Å². The van der Waals surface area contributed by atoms with Crippen molar-refractivity contribution in [3.05, 3.63) is 23.4 Å². The smallest absolute Gasteiger partial charge is 0.126 e. The minimum absolute atomic E-state index is 0.535. The largest absolute Gasteiger partial charge is 0.366 e. The third-order valence-electron chi connectivity index (χ3n) is 2.75. The fraction of sp³-hybridized carbons (Fsp3) is 0.583. The molecule has 3 heteroatoms. The molecule has 1 aliphatic heterocycles. The Labute approximate surface area is 91.3 Å². The van der Waals surface area contributed by atoms with Gasteiger partial charge >= 0.3 is 0 Å². The fourth-order valence-electron chi connectivity index (χ4n) is 2.10. The van der Waals surface area contributed by atoms with Crippen LogP contribution in [0.4, 0.5) is 5.82 Å². The van der Waals surface area contributed by atoms with E-state index in [1.807, 2.05) is 6.92 Å². The summed E-state index contributed by atoms with van der Waals surface area (Å²) in [5.41, 5.74) is 2.36. The van der Waals surface area contributed by atoms with Gasteiger partial charge in [-0.05, 0) is 50.9 Å². The molecule has 1 saturated heterocycles. The number of nitrogens with zero attached hydrogens (tertiary/aromatic N) is 1. The van der Waals surface area contributed by atoms with Crippen LogP contribution < -0.4 is 10.6 Å². The van der Waals surface area contributed by atoms with Crippen LogP contribution in [0.15, 0.2) is 12.1 Å². The molecule has 0 spiro atoms. The van der Waals surface area contributed by atoms with Crippen molar-refractivity contribution >= 4 is 5.82 Å². The highest BCUT2D eigenvalue weighted by Crippen LogP contribution is 2.13. The summed E-state index contributed by atoms with van der Waals surface area (Å²) >= 11 is 0. The number of piperidine rings is 1. The third kappa shape index (κ3) is 2.93. The molecule has 0 saturated carbocycles. The predicted molar refractivity (Wildman–Crippen MR) is 63.2 cm³/mol. The average molecular weight is 205 g/mol. The van der Waals surface area contributed by atoms with Crippen molar-refractivity contribution in [1.29, 1.82) is 0 Å². The van der Waals surface area contributed by atoms with Gasteiger partial charge < -0.3 is 10.6 Å². The molecule has 0 aliphatic carbocycles. The van der Waals surface area contributed by atoms with Crippen molar-refractivity contribution in [3.63, 3.8) is 0 Å². The summed E-state index contributed by atoms with van der Waals surface area (Å²) in [5, 5.41) is 6.88. The van der Waals surface area contributed by atoms with Gasteiger partial charge in [0, 0.05) is 18.3 Å². The van der Waals surface area contributed by atoms with Crippen LogP contribution in [0.3, 0.4) is 0 Å². The van der Waals surface area contributed by atoms with Crippen LogP contribution in [0.25, 0.3) is 0 Å². The monoisotopic (exact) mass is 205 g/mol. The zero-order chi connectivity index (χ0) is 10.7. The summed E-state index contributed by atoms with van der Waals surface area (Å²) in [6, 6.07) is 4.75. The van der Waals surface area contributed by atoms with E-state index in [0.717, 1.165) is 24.6 Å². The van der Waals surface area contributed by atoms with E-state index in [0.29, 0.717) is 6.04 Å². The number of anilines is 1. The summed E-state index contributed by atoms with van der Waals surface area (Å²) in [7, 11) is 0. The summed E-state index contributed by atoms with van der Waals surface area (Å²) < 4.78 is 0. The van der Waals surface area contributed by atoms with Gasteiger partial charge in [-0.15, -0.1) is 0 Å². The van der Waals surface area contributed by atoms with Crippen molar-refractivity contribution in [2.45, 2.75) is 32.7 Å². The Morgan fingerprint density at radius 3 is 2.93 bits per heavy atom. The summed E-state index contributed by atoms with van der Waals surface area (Å²) in [6.07, 6.45) is 2.49. The first-order valence-electron chi connectivity index (χ1n) is 5.66. The molecule has 1 aromatic rings. The number of hydrogen-bond acceptors (Lipinski definition) is 3. The Morgan fingerprint density at radius 2 is 2.27 bits per heavy atom. The Bertz CT molecular complexity index is 309. The van der Waals surface area contributed by atoms with E-state index in [2.05, 4.69) is 34.7 Å². The Morgan fingerprint density at radius 1 is 1.40 bits per heavy atom. The second kappa shape index (κ2) is 4.62. The van der Waals surface area contributed by atoms with Crippen LogP contribution in [-0.4, -0.2) is 24.1 Å². The summed E-state index contributed by atoms with van der Waals surface area (Å²) in [5.74, 6) is 1.02. The Balaban J connectivity index is 2.02. The van der Waals surface area contributed by atoms with E-state index in [4.69, 9.17) is 0 Å². The lowest BCUT2D eigenvalue weighted by atomic mass is 10.1. The number of nitrogens with one attached hydrogen (secondary N) is 2. The highest BCUT2D eigenvalue weighted by atomic mass is 15.1. The molecule has 3 nitrogen and oxygen atoms in total. The van der Waals surface area contributed by atoms with Crippen LogP contribution in [0.5, 0.6) is 0 Å². The molecule has 82 valence electrons. The maximum atomic E-state index is 4.49. The molecule has 1 aliphatic rings. The fourth-order valence-corrected chi connectivity index (χ4v) is 2.10. The topological polar surface area (TPSA) is 37.0 Å². The first-order chi connectivity index (χ1) is 7.24. The molecule has 0 bridgehead atoms. The van der Waals surface area contributed by atoms with Gasteiger partial charge in [-0.2, -0.15) is 0 Å². The van der Waals surface area contributed by atoms with Gasteiger partial charge in [-0.3, -0.25) is 0 Å². The van der Waals surface area contributed by atoms with Gasteiger partial charge in [0.15, 0.2) is 0 Å². The zero-order valence-electron chi connectivity index (χ0n) is 9.51. The minimum atomic E-state index is 0.535. The normalized spacial score (nSPS) is 21.3. The quantitative estimate of drug-likeness (QED) is 0.774. The van der Waals surface area contributed by atoms with Gasteiger partial charge in [0.2, 0.25) is 0 Å². The van der Waals surface area contributed by atoms with Crippen LogP contribution in [-0.2, 0) is 0 Å². The predicted octanol–water partition coefficient (Wildman–Crippen LogP) is 1.86. The lowest BCUT2D eigenvalue weighted by Gasteiger charge is -2.24. The molecule has 2 rings (SSSR count). The zero-order valence-corrected chi connectivity index (χ0v) is 9.51. The molecule has 1 unspecified atom stereocenters. The van der Waals surface area contributed by atoms with E-state index in [1.165, 1.54) is 18.4 Å². The molecule has 15 heavy (non-hydrogen) atoms. The maximum Gasteiger partial charge on any atom is 0.126 e. The average Bonchev–Trinajstić information content (AvgIpc) is 2.17. The van der Waals surface area contributed by atoms with Gasteiger partial charge in [0.25, 0.3) is 0 Å². The van der Waals surface area contributed by atoms with E-state index >= 15 is 0 Å². The third-order valence-corrected chi connectivity index (χ3v) is 2.75. The minimum Gasteiger partial charge on any atom is -0.366 e. The highest BCUT2D eigenvalue weighted by Gasteiger charge is 2.12. The second-order valence-electron chi connectivity index (χ2n) is 4.36. The molecule has 1 aromatic heterocycles. The standard InChI is InChI=1S/C12H19N3/c1-9-6-10(2)14-12(7-9)15-11-4-3-5-13-8-11/h6-7,11,13H,3-5,8H2,1-2H3,(H,14,15). The van der Waals surface area contributed by atoms with Gasteiger partial charge in [0.05, 0.1) is 0 Å². The number of aromatic nitrogens is 1. The molecule has 1 fully saturated rings. The SMILES string of the molecule is Cc1cc(C)nc(NC2CCCNC2)c1. The first-order valence-corrected chi connectivity index (χ1v) is 5.66. The molecule has 2 heterocycles. The molecule has 0 amide bonds. The van der Waals surface area contributed by atoms with E-state index in [9.17, 15) is 0 Å². The van der Waals surface area contributed by atoms with Crippen LogP contribution >= 0.6 is 0 Å². The number of aryl methyl sites for hydroxylation is 2. The molecule has 0 radical (unpaired) electrons. The Kier molecular flexibility index (Phi) is 3.21. The Hall–Kier alpha value is -1.09. The van der Waals surface area contributed by atoms with Gasteiger partial charge in [-0.1, -0.05) is 0 Å². The van der Waals surface area contributed by atoms with Crippen molar-refractivity contribution in [2.75, 3.05) is 18.4 Å². The molecular formula is C12H19N3. The first kappa shape index (κ1) is 10.4. The van der Waals surface area contributed by atoms with Crippen LogP contribution in [0.2, 0.25) is 0 Å². The number of rotatable bonds is 2. The molecule has 2 N–H and O–H groups in total. The van der Waals surface area contributed by atoms with Gasteiger partial charge in [-0.25, -0.2) is 4.98 Å².